The number of hydrogen-bond acceptors (Lipinski definition) is 4. The second-order valence-electron chi connectivity index (χ2n) is 6.37. The lowest BCUT2D eigenvalue weighted by Gasteiger charge is -2.41. The van der Waals surface area contributed by atoms with Gasteiger partial charge in [-0.05, 0) is 38.5 Å². The number of hydrogen-bond donors (Lipinski definition) is 1. The van der Waals surface area contributed by atoms with Crippen LogP contribution in [0.2, 0.25) is 0 Å². The number of nitrogens with zero attached hydrogens (tertiary/aromatic N) is 2. The number of nitrogens with one attached hydrogen (secondary N) is 1. The summed E-state index contributed by atoms with van der Waals surface area (Å²) >= 11 is 0. The molecule has 1 saturated heterocycles. The number of carbonyl (C=O) groups excluding carboxylic acids is 1. The number of halogens is 1. The van der Waals surface area contributed by atoms with Crippen molar-refractivity contribution in [2.75, 3.05) is 13.1 Å². The van der Waals surface area contributed by atoms with Gasteiger partial charge in [0.1, 0.15) is 17.5 Å². The fraction of sp³-hybridized carbons (Fsp3) is 0.500. The second kappa shape index (κ2) is 6.32. The van der Waals surface area contributed by atoms with Crippen molar-refractivity contribution in [3.63, 3.8) is 0 Å². The third-order valence-electron chi connectivity index (χ3n) is 3.25. The van der Waals surface area contributed by atoms with E-state index in [1.165, 1.54) is 12.1 Å². The van der Waals surface area contributed by atoms with Crippen LogP contribution in [0.25, 0.3) is 0 Å². The zero-order chi connectivity index (χ0) is 16.3. The summed E-state index contributed by atoms with van der Waals surface area (Å²) < 4.78 is 18.5. The minimum atomic E-state index is -0.596. The summed E-state index contributed by atoms with van der Waals surface area (Å²) in [5.74, 6) is -0.372. The Labute approximate surface area is 129 Å². The van der Waals surface area contributed by atoms with Crippen LogP contribution in [0.4, 0.5) is 9.18 Å². The first-order chi connectivity index (χ1) is 10.3. The van der Waals surface area contributed by atoms with Crippen LogP contribution in [-0.4, -0.2) is 35.7 Å². The fourth-order valence-electron chi connectivity index (χ4n) is 2.19. The Kier molecular flexibility index (Phi) is 4.67. The van der Waals surface area contributed by atoms with Crippen LogP contribution in [0.3, 0.4) is 0 Å². The van der Waals surface area contributed by atoms with E-state index in [-0.39, 0.29) is 18.0 Å². The van der Waals surface area contributed by atoms with Crippen LogP contribution in [0.5, 0.6) is 0 Å². The average Bonchev–Trinajstić information content (AvgIpc) is 2.35. The van der Waals surface area contributed by atoms with E-state index in [1.54, 1.807) is 17.0 Å². The lowest BCUT2D eigenvalue weighted by Crippen LogP contribution is -2.60. The summed E-state index contributed by atoms with van der Waals surface area (Å²) in [6, 6.07) is 7.47. The van der Waals surface area contributed by atoms with Gasteiger partial charge in [0.25, 0.3) is 0 Å². The summed E-state index contributed by atoms with van der Waals surface area (Å²) in [5, 5.41) is 12.3. The maximum atomic E-state index is 13.2. The average molecular weight is 305 g/mol. The third kappa shape index (κ3) is 4.18. The first kappa shape index (κ1) is 16.2. The Balaban J connectivity index is 1.86. The van der Waals surface area contributed by atoms with Gasteiger partial charge in [-0.1, -0.05) is 12.1 Å². The van der Waals surface area contributed by atoms with Gasteiger partial charge in [0.05, 0.1) is 6.07 Å². The van der Waals surface area contributed by atoms with E-state index in [2.05, 4.69) is 11.4 Å². The summed E-state index contributed by atoms with van der Waals surface area (Å²) in [4.78, 5) is 13.4. The first-order valence-corrected chi connectivity index (χ1v) is 7.17. The highest BCUT2D eigenvalue weighted by atomic mass is 19.1. The Morgan fingerprint density at radius 2 is 2.18 bits per heavy atom. The van der Waals surface area contributed by atoms with Gasteiger partial charge in [-0.15, -0.1) is 0 Å². The molecule has 0 bridgehead atoms. The zero-order valence-electron chi connectivity index (χ0n) is 13.0. The van der Waals surface area contributed by atoms with E-state index >= 15 is 0 Å². The van der Waals surface area contributed by atoms with E-state index < -0.39 is 11.6 Å². The molecule has 1 N–H and O–H groups in total. The van der Waals surface area contributed by atoms with Crippen molar-refractivity contribution >= 4 is 6.09 Å². The zero-order valence-corrected chi connectivity index (χ0v) is 13.0. The largest absolute Gasteiger partial charge is 0.444 e. The van der Waals surface area contributed by atoms with Gasteiger partial charge in [0.15, 0.2) is 0 Å². The van der Waals surface area contributed by atoms with Crippen molar-refractivity contribution in [3.05, 3.63) is 35.6 Å². The van der Waals surface area contributed by atoms with Crippen molar-refractivity contribution in [1.82, 2.24) is 10.2 Å². The minimum Gasteiger partial charge on any atom is -0.444 e. The molecule has 1 amide bonds. The topological polar surface area (TPSA) is 65.4 Å². The molecule has 1 aliphatic rings. The number of likely N-dealkylation sites (tertiary alicyclic amines) is 1. The van der Waals surface area contributed by atoms with Crippen molar-refractivity contribution < 1.29 is 13.9 Å². The predicted molar refractivity (Wildman–Crippen MR) is 79.5 cm³/mol. The molecule has 1 atom stereocenters. The number of ether oxygens (including phenoxy) is 1. The molecule has 1 aromatic rings. The van der Waals surface area contributed by atoms with Crippen LogP contribution in [0.15, 0.2) is 24.3 Å². The highest BCUT2D eigenvalue weighted by Gasteiger charge is 2.34. The molecule has 0 aromatic heterocycles. The number of rotatable bonds is 3. The smallest absolute Gasteiger partial charge is 0.410 e. The fourth-order valence-corrected chi connectivity index (χ4v) is 2.19. The van der Waals surface area contributed by atoms with E-state index in [9.17, 15) is 14.4 Å². The molecule has 0 aliphatic carbocycles. The molecule has 6 heteroatoms. The normalized spacial score (nSPS) is 16.6. The molecule has 0 radical (unpaired) electrons. The first-order valence-electron chi connectivity index (χ1n) is 7.17. The van der Waals surface area contributed by atoms with E-state index in [0.717, 1.165) is 0 Å². The van der Waals surface area contributed by atoms with Crippen molar-refractivity contribution in [2.24, 2.45) is 0 Å². The van der Waals surface area contributed by atoms with Gasteiger partial charge in [-0.3, -0.25) is 5.32 Å². The van der Waals surface area contributed by atoms with Crippen LogP contribution < -0.4 is 5.32 Å². The van der Waals surface area contributed by atoms with Crippen molar-refractivity contribution in [1.29, 1.82) is 5.26 Å². The van der Waals surface area contributed by atoms with E-state index in [4.69, 9.17) is 4.74 Å². The quantitative estimate of drug-likeness (QED) is 0.932. The lowest BCUT2D eigenvalue weighted by atomic mass is 10.0. The van der Waals surface area contributed by atoms with Crippen LogP contribution in [0, 0.1) is 17.1 Å². The summed E-state index contributed by atoms with van der Waals surface area (Å²) in [5.41, 5.74) is 0.0602. The standard InChI is InChI=1S/C16H20FN3O2/c1-16(2,3)22-15(21)20-9-13(10-20)19-14(8-18)11-5-4-6-12(17)7-11/h4-7,13-14,19H,9-10H2,1-3H3/t14-/m1/s1. The summed E-state index contributed by atoms with van der Waals surface area (Å²) in [6.45, 7) is 6.40. The molecular weight excluding hydrogens is 285 g/mol. The Hall–Kier alpha value is -2.13. The molecule has 1 fully saturated rings. The molecule has 1 aromatic carbocycles. The van der Waals surface area contributed by atoms with Gasteiger partial charge in [0.2, 0.25) is 0 Å². The lowest BCUT2D eigenvalue weighted by molar-refractivity contribution is 0.00475. The molecule has 0 spiro atoms. The molecule has 0 unspecified atom stereocenters. The van der Waals surface area contributed by atoms with E-state index in [0.29, 0.717) is 18.7 Å². The second-order valence-corrected chi connectivity index (χ2v) is 6.37. The van der Waals surface area contributed by atoms with Crippen LogP contribution in [0.1, 0.15) is 32.4 Å². The molecular formula is C16H20FN3O2. The monoisotopic (exact) mass is 305 g/mol. The summed E-state index contributed by atoms with van der Waals surface area (Å²) in [7, 11) is 0. The molecule has 22 heavy (non-hydrogen) atoms. The number of nitriles is 1. The SMILES string of the molecule is CC(C)(C)OC(=O)N1CC(N[C@H](C#N)c2cccc(F)c2)C1. The maximum Gasteiger partial charge on any atom is 0.410 e. The number of carbonyl (C=O) groups is 1. The summed E-state index contributed by atoms with van der Waals surface area (Å²) in [6.07, 6.45) is -0.357. The van der Waals surface area contributed by atoms with Crippen LogP contribution >= 0.6 is 0 Å². The molecule has 118 valence electrons. The van der Waals surface area contributed by atoms with Gasteiger partial charge >= 0.3 is 6.09 Å². The van der Waals surface area contributed by atoms with E-state index in [1.807, 2.05) is 20.8 Å². The van der Waals surface area contributed by atoms with Crippen LogP contribution in [-0.2, 0) is 4.74 Å². The Bertz CT molecular complexity index is 586. The molecule has 1 heterocycles. The Morgan fingerprint density at radius 1 is 1.50 bits per heavy atom. The third-order valence-corrected chi connectivity index (χ3v) is 3.25. The minimum absolute atomic E-state index is 0.000403. The van der Waals surface area contributed by atoms with Crippen molar-refractivity contribution in [2.45, 2.75) is 38.5 Å². The van der Waals surface area contributed by atoms with Gasteiger partial charge < -0.3 is 9.64 Å². The van der Waals surface area contributed by atoms with Gasteiger partial charge in [-0.25, -0.2) is 9.18 Å². The molecule has 0 saturated carbocycles. The highest BCUT2D eigenvalue weighted by Crippen LogP contribution is 2.19. The highest BCUT2D eigenvalue weighted by molar-refractivity contribution is 5.69. The molecule has 5 nitrogen and oxygen atoms in total. The van der Waals surface area contributed by atoms with Gasteiger partial charge in [-0.2, -0.15) is 5.26 Å². The molecule has 1 aliphatic heterocycles. The van der Waals surface area contributed by atoms with Crippen molar-refractivity contribution in [3.8, 4) is 6.07 Å². The predicted octanol–water partition coefficient (Wildman–Crippen LogP) is 2.60. The van der Waals surface area contributed by atoms with Gasteiger partial charge in [0, 0.05) is 19.1 Å². The number of benzene rings is 1. The number of amides is 1. The molecule has 2 rings (SSSR count). The maximum absolute atomic E-state index is 13.2. The Morgan fingerprint density at radius 3 is 2.73 bits per heavy atom.